The van der Waals surface area contributed by atoms with E-state index in [9.17, 15) is 10.0 Å². The van der Waals surface area contributed by atoms with Gasteiger partial charge in [0.15, 0.2) is 0 Å². The lowest BCUT2D eigenvalue weighted by Crippen LogP contribution is -2.32. The molecule has 1 atom stereocenters. The lowest BCUT2D eigenvalue weighted by molar-refractivity contribution is -0.122. The zero-order chi connectivity index (χ0) is 14.9. The third-order valence-corrected chi connectivity index (χ3v) is 3.74. The molecular formula is C16H25N3O2. The highest BCUT2D eigenvalue weighted by Gasteiger charge is 2.15. The largest absolute Gasteiger partial charge is 0.356 e. The summed E-state index contributed by atoms with van der Waals surface area (Å²) in [5, 5.41) is 17.4. The lowest BCUT2D eigenvalue weighted by atomic mass is 10.0. The van der Waals surface area contributed by atoms with E-state index in [2.05, 4.69) is 22.8 Å². The van der Waals surface area contributed by atoms with Gasteiger partial charge in [-0.1, -0.05) is 30.3 Å². The molecule has 5 heteroatoms. The normalized spacial score (nSPS) is 23.5. The Kier molecular flexibility index (Phi) is 6.66. The summed E-state index contributed by atoms with van der Waals surface area (Å²) in [7, 11) is 0. The Morgan fingerprint density at radius 2 is 1.81 bits per heavy atom. The van der Waals surface area contributed by atoms with Crippen molar-refractivity contribution < 1.29 is 10.0 Å². The van der Waals surface area contributed by atoms with Crippen molar-refractivity contribution in [2.75, 3.05) is 26.2 Å². The molecule has 1 heterocycles. The zero-order valence-electron chi connectivity index (χ0n) is 12.4. The summed E-state index contributed by atoms with van der Waals surface area (Å²) in [6, 6.07) is 10.1. The molecule has 0 aliphatic carbocycles. The first-order chi connectivity index (χ1) is 10.3. The molecule has 5 nitrogen and oxygen atoms in total. The Bertz CT molecular complexity index is 425. The van der Waals surface area contributed by atoms with Crippen LogP contribution in [0.5, 0.6) is 0 Å². The van der Waals surface area contributed by atoms with Crippen LogP contribution in [0.3, 0.4) is 0 Å². The minimum Gasteiger partial charge on any atom is -0.356 e. The molecule has 1 saturated heterocycles. The van der Waals surface area contributed by atoms with Gasteiger partial charge in [0.2, 0.25) is 5.91 Å². The number of nitrogens with zero attached hydrogens (tertiary/aromatic N) is 1. The van der Waals surface area contributed by atoms with E-state index in [1.807, 2.05) is 18.2 Å². The number of hydrogen-bond donors (Lipinski definition) is 3. The van der Waals surface area contributed by atoms with Gasteiger partial charge in [-0.2, -0.15) is 5.06 Å². The molecule has 3 N–H and O–H groups in total. The van der Waals surface area contributed by atoms with Crippen LogP contribution in [0, 0.1) is 0 Å². The van der Waals surface area contributed by atoms with Crippen LogP contribution in [-0.4, -0.2) is 42.4 Å². The SMILES string of the molecule is O=C1CC(c2ccccc2)NCCCCN(O)CCCN1. The summed E-state index contributed by atoms with van der Waals surface area (Å²) in [5.74, 6) is 0.0556. The van der Waals surface area contributed by atoms with E-state index < -0.39 is 0 Å². The molecule has 1 unspecified atom stereocenters. The molecule has 0 radical (unpaired) electrons. The van der Waals surface area contributed by atoms with Crippen molar-refractivity contribution in [3.8, 4) is 0 Å². The third-order valence-electron chi connectivity index (χ3n) is 3.74. The molecule has 0 aromatic heterocycles. The molecule has 1 aliphatic heterocycles. The molecule has 2 rings (SSSR count). The van der Waals surface area contributed by atoms with E-state index in [1.54, 1.807) is 0 Å². The third kappa shape index (κ3) is 5.83. The molecular weight excluding hydrogens is 266 g/mol. The molecule has 1 aromatic rings. The molecule has 0 bridgehead atoms. The van der Waals surface area contributed by atoms with E-state index in [-0.39, 0.29) is 11.9 Å². The van der Waals surface area contributed by atoms with Crippen LogP contribution in [0.15, 0.2) is 30.3 Å². The monoisotopic (exact) mass is 291 g/mol. The zero-order valence-corrected chi connectivity index (χ0v) is 12.4. The summed E-state index contributed by atoms with van der Waals surface area (Å²) in [6.45, 7) is 2.75. The maximum Gasteiger partial charge on any atom is 0.221 e. The van der Waals surface area contributed by atoms with Crippen LogP contribution >= 0.6 is 0 Å². The van der Waals surface area contributed by atoms with Gasteiger partial charge in [-0.15, -0.1) is 0 Å². The fraction of sp³-hybridized carbons (Fsp3) is 0.562. The molecule has 0 saturated carbocycles. The summed E-state index contributed by atoms with van der Waals surface area (Å²) in [4.78, 5) is 12.0. The Balaban J connectivity index is 1.97. The van der Waals surface area contributed by atoms with E-state index in [4.69, 9.17) is 0 Å². The molecule has 1 fully saturated rings. The van der Waals surface area contributed by atoms with Crippen LogP contribution < -0.4 is 10.6 Å². The molecule has 21 heavy (non-hydrogen) atoms. The van der Waals surface area contributed by atoms with Crippen molar-refractivity contribution >= 4 is 5.91 Å². The molecule has 1 aliphatic rings. The first-order valence-corrected chi connectivity index (χ1v) is 7.74. The predicted molar refractivity (Wildman–Crippen MR) is 82.0 cm³/mol. The quantitative estimate of drug-likeness (QED) is 0.737. The van der Waals surface area contributed by atoms with Gasteiger partial charge < -0.3 is 15.8 Å². The fourth-order valence-electron chi connectivity index (χ4n) is 2.55. The van der Waals surface area contributed by atoms with Crippen molar-refractivity contribution in [2.45, 2.75) is 31.7 Å². The van der Waals surface area contributed by atoms with Gasteiger partial charge in [0.25, 0.3) is 0 Å². The number of hydroxylamine groups is 2. The highest BCUT2D eigenvalue weighted by Crippen LogP contribution is 2.16. The Morgan fingerprint density at radius 3 is 2.62 bits per heavy atom. The number of nitrogens with one attached hydrogen (secondary N) is 2. The van der Waals surface area contributed by atoms with Crippen LogP contribution in [-0.2, 0) is 4.79 Å². The lowest BCUT2D eigenvalue weighted by Gasteiger charge is -2.19. The number of hydrogen-bond acceptors (Lipinski definition) is 4. The smallest absolute Gasteiger partial charge is 0.221 e. The van der Waals surface area contributed by atoms with Crippen molar-refractivity contribution in [1.82, 2.24) is 15.7 Å². The number of carbonyl (C=O) groups excluding carboxylic acids is 1. The predicted octanol–water partition coefficient (Wildman–Crippen LogP) is 1.70. The van der Waals surface area contributed by atoms with Crippen LogP contribution in [0.1, 0.15) is 37.3 Å². The summed E-state index contributed by atoms with van der Waals surface area (Å²) >= 11 is 0. The standard InChI is InChI=1S/C16H25N3O2/c20-16-13-15(14-7-2-1-3-8-14)17-9-4-5-11-19(21)12-6-10-18-16/h1-3,7-8,15,17,21H,4-6,9-13H2,(H,18,20). The average molecular weight is 291 g/mol. The van der Waals surface area contributed by atoms with Crippen molar-refractivity contribution in [2.24, 2.45) is 0 Å². The van der Waals surface area contributed by atoms with Crippen molar-refractivity contribution in [1.29, 1.82) is 0 Å². The highest BCUT2D eigenvalue weighted by atomic mass is 16.5. The van der Waals surface area contributed by atoms with E-state index in [0.717, 1.165) is 31.4 Å². The van der Waals surface area contributed by atoms with E-state index in [1.165, 1.54) is 5.06 Å². The second kappa shape index (κ2) is 8.77. The Hall–Kier alpha value is -1.43. The summed E-state index contributed by atoms with van der Waals surface area (Å²) in [5.41, 5.74) is 1.14. The number of amides is 1. The maximum absolute atomic E-state index is 12.0. The van der Waals surface area contributed by atoms with Gasteiger partial charge in [0, 0.05) is 32.1 Å². The van der Waals surface area contributed by atoms with E-state index >= 15 is 0 Å². The van der Waals surface area contributed by atoms with Gasteiger partial charge in [0.05, 0.1) is 0 Å². The second-order valence-corrected chi connectivity index (χ2v) is 5.49. The Morgan fingerprint density at radius 1 is 1.05 bits per heavy atom. The minimum absolute atomic E-state index is 0.0529. The van der Waals surface area contributed by atoms with Gasteiger partial charge >= 0.3 is 0 Å². The average Bonchev–Trinajstić information content (AvgIpc) is 2.52. The summed E-state index contributed by atoms with van der Waals surface area (Å²) < 4.78 is 0. The molecule has 0 spiro atoms. The van der Waals surface area contributed by atoms with Crippen molar-refractivity contribution in [3.05, 3.63) is 35.9 Å². The number of carbonyl (C=O) groups is 1. The van der Waals surface area contributed by atoms with Crippen LogP contribution in [0.2, 0.25) is 0 Å². The minimum atomic E-state index is 0.0529. The fourth-order valence-corrected chi connectivity index (χ4v) is 2.55. The van der Waals surface area contributed by atoms with Gasteiger partial charge in [-0.3, -0.25) is 4.79 Å². The molecule has 116 valence electrons. The molecule has 1 amide bonds. The number of rotatable bonds is 1. The maximum atomic E-state index is 12.0. The first kappa shape index (κ1) is 15.9. The second-order valence-electron chi connectivity index (χ2n) is 5.49. The van der Waals surface area contributed by atoms with Crippen molar-refractivity contribution in [3.63, 3.8) is 0 Å². The molecule has 1 aromatic carbocycles. The highest BCUT2D eigenvalue weighted by molar-refractivity contribution is 5.76. The van der Waals surface area contributed by atoms with Gasteiger partial charge in [-0.25, -0.2) is 0 Å². The van der Waals surface area contributed by atoms with Gasteiger partial charge in [-0.05, 0) is 31.4 Å². The van der Waals surface area contributed by atoms with Crippen LogP contribution in [0.4, 0.5) is 0 Å². The summed E-state index contributed by atoms with van der Waals surface area (Å²) in [6.07, 6.45) is 3.16. The topological polar surface area (TPSA) is 64.6 Å². The van der Waals surface area contributed by atoms with Gasteiger partial charge in [0.1, 0.15) is 0 Å². The number of benzene rings is 1. The Labute approximate surface area is 126 Å². The first-order valence-electron chi connectivity index (χ1n) is 7.74. The van der Waals surface area contributed by atoms with Crippen LogP contribution in [0.25, 0.3) is 0 Å². The van der Waals surface area contributed by atoms with E-state index in [0.29, 0.717) is 26.1 Å².